The SMILES string of the molecule is CC(=NC(C)C)c1ccc(C#N)cc1. The van der Waals surface area contributed by atoms with Gasteiger partial charge in [0.15, 0.2) is 0 Å². The van der Waals surface area contributed by atoms with E-state index in [9.17, 15) is 0 Å². The standard InChI is InChI=1S/C12H14N2/c1-9(2)14-10(3)12-6-4-11(8-13)5-7-12/h4-7,9H,1-3H3. The van der Waals surface area contributed by atoms with Gasteiger partial charge in [-0.25, -0.2) is 0 Å². The fraction of sp³-hybridized carbons (Fsp3) is 0.333. The van der Waals surface area contributed by atoms with Gasteiger partial charge >= 0.3 is 0 Å². The molecule has 0 aliphatic rings. The van der Waals surface area contributed by atoms with Crippen LogP contribution >= 0.6 is 0 Å². The summed E-state index contributed by atoms with van der Waals surface area (Å²) in [6.45, 7) is 6.08. The molecule has 0 amide bonds. The van der Waals surface area contributed by atoms with Crippen LogP contribution in [-0.2, 0) is 0 Å². The highest BCUT2D eigenvalue weighted by Gasteiger charge is 1.98. The highest BCUT2D eigenvalue weighted by atomic mass is 14.8. The monoisotopic (exact) mass is 186 g/mol. The van der Waals surface area contributed by atoms with E-state index in [2.05, 4.69) is 11.1 Å². The minimum absolute atomic E-state index is 0.311. The molecule has 0 atom stereocenters. The Morgan fingerprint density at radius 2 is 1.86 bits per heavy atom. The van der Waals surface area contributed by atoms with Gasteiger partial charge in [-0.05, 0) is 38.5 Å². The van der Waals surface area contributed by atoms with Gasteiger partial charge in [-0.15, -0.1) is 0 Å². The molecule has 0 heterocycles. The third kappa shape index (κ3) is 2.70. The second kappa shape index (κ2) is 4.57. The fourth-order valence-electron chi connectivity index (χ4n) is 1.25. The van der Waals surface area contributed by atoms with E-state index in [0.717, 1.165) is 11.3 Å². The summed E-state index contributed by atoms with van der Waals surface area (Å²) < 4.78 is 0. The van der Waals surface area contributed by atoms with E-state index in [1.54, 1.807) is 0 Å². The van der Waals surface area contributed by atoms with Crippen LogP contribution in [0.15, 0.2) is 29.3 Å². The smallest absolute Gasteiger partial charge is 0.0991 e. The van der Waals surface area contributed by atoms with Gasteiger partial charge in [0.05, 0.1) is 11.6 Å². The number of hydrogen-bond donors (Lipinski definition) is 0. The van der Waals surface area contributed by atoms with E-state index in [4.69, 9.17) is 5.26 Å². The van der Waals surface area contributed by atoms with Crippen molar-refractivity contribution in [3.05, 3.63) is 35.4 Å². The van der Waals surface area contributed by atoms with Crippen LogP contribution in [0, 0.1) is 11.3 Å². The molecule has 0 saturated heterocycles. The molecule has 72 valence electrons. The maximum atomic E-state index is 8.63. The first kappa shape index (κ1) is 10.5. The lowest BCUT2D eigenvalue weighted by Crippen LogP contribution is -1.99. The molecule has 1 rings (SSSR count). The van der Waals surface area contributed by atoms with Crippen molar-refractivity contribution in [1.82, 2.24) is 0 Å². The third-order valence-electron chi connectivity index (χ3n) is 1.88. The predicted octanol–water partition coefficient (Wildman–Crippen LogP) is 2.78. The first-order valence-electron chi connectivity index (χ1n) is 4.68. The van der Waals surface area contributed by atoms with Crippen molar-refractivity contribution in [2.45, 2.75) is 26.8 Å². The van der Waals surface area contributed by atoms with Crippen LogP contribution in [0.25, 0.3) is 0 Å². The zero-order chi connectivity index (χ0) is 10.6. The van der Waals surface area contributed by atoms with E-state index in [1.165, 1.54) is 0 Å². The van der Waals surface area contributed by atoms with Crippen molar-refractivity contribution in [3.8, 4) is 6.07 Å². The number of aliphatic imine (C=N–C) groups is 1. The Morgan fingerprint density at radius 3 is 2.29 bits per heavy atom. The maximum Gasteiger partial charge on any atom is 0.0991 e. The summed E-state index contributed by atoms with van der Waals surface area (Å²) in [4.78, 5) is 4.44. The lowest BCUT2D eigenvalue weighted by molar-refractivity contribution is 0.835. The molecule has 0 aromatic heterocycles. The molecular formula is C12H14N2. The molecular weight excluding hydrogens is 172 g/mol. The lowest BCUT2D eigenvalue weighted by Gasteiger charge is -2.03. The van der Waals surface area contributed by atoms with Gasteiger partial charge in [0.25, 0.3) is 0 Å². The van der Waals surface area contributed by atoms with Gasteiger partial charge in [0.1, 0.15) is 0 Å². The van der Waals surface area contributed by atoms with Crippen molar-refractivity contribution in [2.75, 3.05) is 0 Å². The first-order valence-corrected chi connectivity index (χ1v) is 4.68. The molecule has 0 aliphatic heterocycles. The van der Waals surface area contributed by atoms with Crippen LogP contribution < -0.4 is 0 Å². The largest absolute Gasteiger partial charge is 0.287 e. The van der Waals surface area contributed by atoms with Crippen LogP contribution in [0.4, 0.5) is 0 Å². The molecule has 1 aromatic rings. The summed E-state index contributed by atoms with van der Waals surface area (Å²) in [5.41, 5.74) is 2.79. The molecule has 14 heavy (non-hydrogen) atoms. The number of nitriles is 1. The fourth-order valence-corrected chi connectivity index (χ4v) is 1.25. The van der Waals surface area contributed by atoms with Crippen LogP contribution in [0.2, 0.25) is 0 Å². The first-order chi connectivity index (χ1) is 6.63. The lowest BCUT2D eigenvalue weighted by atomic mass is 10.1. The molecule has 0 saturated carbocycles. The quantitative estimate of drug-likeness (QED) is 0.654. The highest BCUT2D eigenvalue weighted by Crippen LogP contribution is 2.05. The number of hydrogen-bond acceptors (Lipinski definition) is 2. The number of rotatable bonds is 2. The van der Waals surface area contributed by atoms with Gasteiger partial charge < -0.3 is 0 Å². The summed E-state index contributed by atoms with van der Waals surface area (Å²) >= 11 is 0. The minimum Gasteiger partial charge on any atom is -0.287 e. The Morgan fingerprint density at radius 1 is 1.29 bits per heavy atom. The van der Waals surface area contributed by atoms with E-state index in [-0.39, 0.29) is 0 Å². The van der Waals surface area contributed by atoms with Crippen LogP contribution in [-0.4, -0.2) is 11.8 Å². The number of benzene rings is 1. The summed E-state index contributed by atoms with van der Waals surface area (Å²) in [5, 5.41) is 8.63. The van der Waals surface area contributed by atoms with Gasteiger partial charge in [0.2, 0.25) is 0 Å². The summed E-state index contributed by atoms with van der Waals surface area (Å²) in [5.74, 6) is 0. The molecule has 0 radical (unpaired) electrons. The summed E-state index contributed by atoms with van der Waals surface area (Å²) in [7, 11) is 0. The van der Waals surface area contributed by atoms with E-state index in [1.807, 2.05) is 45.0 Å². The Labute approximate surface area is 84.9 Å². The highest BCUT2D eigenvalue weighted by molar-refractivity contribution is 5.98. The topological polar surface area (TPSA) is 36.1 Å². The van der Waals surface area contributed by atoms with E-state index in [0.29, 0.717) is 11.6 Å². The Bertz CT molecular complexity index is 366. The van der Waals surface area contributed by atoms with Gasteiger partial charge in [-0.2, -0.15) is 5.26 Å². The van der Waals surface area contributed by atoms with Gasteiger partial charge in [-0.3, -0.25) is 4.99 Å². The van der Waals surface area contributed by atoms with Crippen molar-refractivity contribution in [2.24, 2.45) is 4.99 Å². The van der Waals surface area contributed by atoms with Crippen LogP contribution in [0.1, 0.15) is 31.9 Å². The molecule has 1 aromatic carbocycles. The van der Waals surface area contributed by atoms with Crippen molar-refractivity contribution in [1.29, 1.82) is 5.26 Å². The normalized spacial score (nSPS) is 11.5. The van der Waals surface area contributed by atoms with Crippen molar-refractivity contribution < 1.29 is 0 Å². The number of nitrogens with zero attached hydrogens (tertiary/aromatic N) is 2. The Kier molecular flexibility index (Phi) is 3.41. The average Bonchev–Trinajstić information content (AvgIpc) is 2.17. The molecule has 0 aliphatic carbocycles. The van der Waals surface area contributed by atoms with E-state index < -0.39 is 0 Å². The summed E-state index contributed by atoms with van der Waals surface area (Å²) in [6, 6.07) is 9.89. The molecule has 0 N–H and O–H groups in total. The molecule has 0 spiro atoms. The minimum atomic E-state index is 0.311. The van der Waals surface area contributed by atoms with Gasteiger partial charge in [-0.1, -0.05) is 12.1 Å². The molecule has 0 unspecified atom stereocenters. The van der Waals surface area contributed by atoms with Crippen LogP contribution in [0.3, 0.4) is 0 Å². The third-order valence-corrected chi connectivity index (χ3v) is 1.88. The molecule has 0 fully saturated rings. The van der Waals surface area contributed by atoms with Crippen LogP contribution in [0.5, 0.6) is 0 Å². The second-order valence-electron chi connectivity index (χ2n) is 3.50. The Hall–Kier alpha value is -1.62. The van der Waals surface area contributed by atoms with Crippen molar-refractivity contribution in [3.63, 3.8) is 0 Å². The second-order valence-corrected chi connectivity index (χ2v) is 3.50. The Balaban J connectivity index is 2.93. The molecule has 2 nitrogen and oxygen atoms in total. The van der Waals surface area contributed by atoms with Crippen molar-refractivity contribution >= 4 is 5.71 Å². The average molecular weight is 186 g/mol. The predicted molar refractivity (Wildman–Crippen MR) is 58.5 cm³/mol. The maximum absolute atomic E-state index is 8.63. The zero-order valence-electron chi connectivity index (χ0n) is 8.78. The molecule has 2 heteroatoms. The van der Waals surface area contributed by atoms with Gasteiger partial charge in [0, 0.05) is 11.8 Å². The molecule has 0 bridgehead atoms. The van der Waals surface area contributed by atoms with E-state index >= 15 is 0 Å². The zero-order valence-corrected chi connectivity index (χ0v) is 8.78. The summed E-state index contributed by atoms with van der Waals surface area (Å²) in [6.07, 6.45) is 0.